The second-order valence-electron chi connectivity index (χ2n) is 6.52. The average Bonchev–Trinajstić information content (AvgIpc) is 2.48. The van der Waals surface area contributed by atoms with Gasteiger partial charge >= 0.3 is 0 Å². The SMILES string of the molecule is CC1(C(=O)NC2CCc3ccccc3C2)CCCNC1. The summed E-state index contributed by atoms with van der Waals surface area (Å²) in [5, 5.41) is 6.64. The molecular formula is C17H24N2O. The van der Waals surface area contributed by atoms with Gasteiger partial charge in [-0.25, -0.2) is 0 Å². The number of aryl methyl sites for hydroxylation is 1. The van der Waals surface area contributed by atoms with Gasteiger partial charge in [0.15, 0.2) is 0 Å². The number of piperidine rings is 1. The van der Waals surface area contributed by atoms with Crippen molar-refractivity contribution in [3.63, 3.8) is 0 Å². The number of carbonyl (C=O) groups excluding carboxylic acids is 1. The predicted molar refractivity (Wildman–Crippen MR) is 80.6 cm³/mol. The first-order valence-corrected chi connectivity index (χ1v) is 7.76. The van der Waals surface area contributed by atoms with Gasteiger partial charge in [0.1, 0.15) is 0 Å². The quantitative estimate of drug-likeness (QED) is 0.865. The number of hydrogen-bond donors (Lipinski definition) is 2. The van der Waals surface area contributed by atoms with Gasteiger partial charge in [-0.05, 0) is 56.7 Å². The highest BCUT2D eigenvalue weighted by Crippen LogP contribution is 2.27. The van der Waals surface area contributed by atoms with Gasteiger partial charge in [-0.1, -0.05) is 24.3 Å². The van der Waals surface area contributed by atoms with Crippen molar-refractivity contribution in [1.29, 1.82) is 0 Å². The minimum absolute atomic E-state index is 0.227. The highest BCUT2D eigenvalue weighted by molar-refractivity contribution is 5.83. The van der Waals surface area contributed by atoms with Gasteiger partial charge in [-0.3, -0.25) is 4.79 Å². The van der Waals surface area contributed by atoms with E-state index >= 15 is 0 Å². The van der Waals surface area contributed by atoms with Gasteiger partial charge in [-0.2, -0.15) is 0 Å². The Labute approximate surface area is 121 Å². The molecule has 2 N–H and O–H groups in total. The molecule has 3 rings (SSSR count). The van der Waals surface area contributed by atoms with E-state index in [0.717, 1.165) is 45.2 Å². The van der Waals surface area contributed by atoms with Crippen LogP contribution in [0.2, 0.25) is 0 Å². The van der Waals surface area contributed by atoms with E-state index in [9.17, 15) is 4.79 Å². The molecule has 0 aromatic heterocycles. The monoisotopic (exact) mass is 272 g/mol. The summed E-state index contributed by atoms with van der Waals surface area (Å²) in [6.45, 7) is 3.94. The van der Waals surface area contributed by atoms with Crippen molar-refractivity contribution >= 4 is 5.91 Å². The van der Waals surface area contributed by atoms with Crippen molar-refractivity contribution < 1.29 is 4.79 Å². The highest BCUT2D eigenvalue weighted by Gasteiger charge is 2.35. The summed E-state index contributed by atoms with van der Waals surface area (Å²) in [4.78, 5) is 12.5. The lowest BCUT2D eigenvalue weighted by molar-refractivity contribution is -0.131. The third-order valence-electron chi connectivity index (χ3n) is 4.83. The molecule has 2 atom stereocenters. The Morgan fingerprint density at radius 1 is 1.35 bits per heavy atom. The molecule has 0 spiro atoms. The number of amides is 1. The summed E-state index contributed by atoms with van der Waals surface area (Å²) < 4.78 is 0. The standard InChI is InChI=1S/C17H24N2O/c1-17(9-4-10-18-12-17)16(20)19-15-8-7-13-5-2-3-6-14(13)11-15/h2-3,5-6,15,18H,4,7-12H2,1H3,(H,19,20). The van der Waals surface area contributed by atoms with E-state index in [1.165, 1.54) is 11.1 Å². The number of fused-ring (bicyclic) bond motifs is 1. The van der Waals surface area contributed by atoms with Crippen LogP contribution >= 0.6 is 0 Å². The molecule has 0 radical (unpaired) electrons. The van der Waals surface area contributed by atoms with Crippen molar-refractivity contribution in [2.75, 3.05) is 13.1 Å². The topological polar surface area (TPSA) is 41.1 Å². The van der Waals surface area contributed by atoms with E-state index in [-0.39, 0.29) is 11.3 Å². The number of benzene rings is 1. The van der Waals surface area contributed by atoms with Crippen molar-refractivity contribution in [2.45, 2.75) is 45.1 Å². The Kier molecular flexibility index (Phi) is 3.79. The molecule has 2 aliphatic rings. The Morgan fingerprint density at radius 2 is 2.15 bits per heavy atom. The molecule has 0 saturated carbocycles. The van der Waals surface area contributed by atoms with E-state index in [4.69, 9.17) is 0 Å². The van der Waals surface area contributed by atoms with Crippen LogP contribution in [0.3, 0.4) is 0 Å². The van der Waals surface area contributed by atoms with Crippen LogP contribution in [0.1, 0.15) is 37.3 Å². The highest BCUT2D eigenvalue weighted by atomic mass is 16.2. The summed E-state index contributed by atoms with van der Waals surface area (Å²) in [5.41, 5.74) is 2.62. The van der Waals surface area contributed by atoms with Crippen LogP contribution < -0.4 is 10.6 Å². The number of hydrogen-bond acceptors (Lipinski definition) is 2. The molecule has 1 fully saturated rings. The molecule has 1 aromatic carbocycles. The van der Waals surface area contributed by atoms with Crippen molar-refractivity contribution in [2.24, 2.45) is 5.41 Å². The summed E-state index contributed by atoms with van der Waals surface area (Å²) in [6, 6.07) is 8.90. The first-order valence-electron chi connectivity index (χ1n) is 7.76. The van der Waals surface area contributed by atoms with E-state index in [0.29, 0.717) is 6.04 Å². The molecule has 3 heteroatoms. The largest absolute Gasteiger partial charge is 0.353 e. The Bertz CT molecular complexity index is 492. The summed E-state index contributed by atoms with van der Waals surface area (Å²) >= 11 is 0. The van der Waals surface area contributed by atoms with Crippen LogP contribution in [-0.4, -0.2) is 25.0 Å². The number of carbonyl (C=O) groups is 1. The van der Waals surface area contributed by atoms with Gasteiger partial charge in [0.05, 0.1) is 5.41 Å². The van der Waals surface area contributed by atoms with Crippen LogP contribution in [0.25, 0.3) is 0 Å². The fourth-order valence-electron chi connectivity index (χ4n) is 3.43. The zero-order valence-corrected chi connectivity index (χ0v) is 12.2. The fourth-order valence-corrected chi connectivity index (χ4v) is 3.43. The molecule has 3 nitrogen and oxygen atoms in total. The molecule has 1 aliphatic carbocycles. The lowest BCUT2D eigenvalue weighted by Crippen LogP contribution is -2.52. The van der Waals surface area contributed by atoms with Crippen molar-refractivity contribution in [3.05, 3.63) is 35.4 Å². The van der Waals surface area contributed by atoms with Gasteiger partial charge in [0.25, 0.3) is 0 Å². The summed E-state index contributed by atoms with van der Waals surface area (Å²) in [6.07, 6.45) is 5.21. The lowest BCUT2D eigenvalue weighted by atomic mass is 9.81. The molecule has 1 amide bonds. The first kappa shape index (κ1) is 13.6. The first-order chi connectivity index (χ1) is 9.67. The molecule has 0 bridgehead atoms. The van der Waals surface area contributed by atoms with E-state index < -0.39 is 0 Å². The van der Waals surface area contributed by atoms with Crippen LogP contribution in [0.4, 0.5) is 0 Å². The lowest BCUT2D eigenvalue weighted by Gasteiger charge is -2.35. The van der Waals surface area contributed by atoms with Crippen molar-refractivity contribution in [1.82, 2.24) is 10.6 Å². The summed E-state index contributed by atoms with van der Waals surface area (Å²) in [7, 11) is 0. The third kappa shape index (κ3) is 2.73. The minimum Gasteiger partial charge on any atom is -0.353 e. The molecule has 1 aromatic rings. The van der Waals surface area contributed by atoms with Gasteiger partial charge in [0, 0.05) is 12.6 Å². The second kappa shape index (κ2) is 5.57. The molecular weight excluding hydrogens is 248 g/mol. The minimum atomic E-state index is -0.227. The van der Waals surface area contributed by atoms with Crippen molar-refractivity contribution in [3.8, 4) is 0 Å². The average molecular weight is 272 g/mol. The predicted octanol–water partition coefficient (Wildman–Crippen LogP) is 2.05. The normalized spacial score (nSPS) is 29.6. The maximum absolute atomic E-state index is 12.5. The van der Waals surface area contributed by atoms with Gasteiger partial charge < -0.3 is 10.6 Å². The molecule has 108 valence electrons. The smallest absolute Gasteiger partial charge is 0.227 e. The van der Waals surface area contributed by atoms with Crippen LogP contribution in [0.5, 0.6) is 0 Å². The Morgan fingerprint density at radius 3 is 2.90 bits per heavy atom. The molecule has 2 unspecified atom stereocenters. The Balaban J connectivity index is 1.63. The molecule has 1 aliphatic heterocycles. The maximum atomic E-state index is 12.5. The third-order valence-corrected chi connectivity index (χ3v) is 4.83. The van der Waals surface area contributed by atoms with Crippen LogP contribution in [0.15, 0.2) is 24.3 Å². The van der Waals surface area contributed by atoms with Gasteiger partial charge in [0.2, 0.25) is 5.91 Å². The van der Waals surface area contributed by atoms with Gasteiger partial charge in [-0.15, -0.1) is 0 Å². The molecule has 1 saturated heterocycles. The van der Waals surface area contributed by atoms with Crippen LogP contribution in [0, 0.1) is 5.41 Å². The van der Waals surface area contributed by atoms with E-state index in [1.807, 2.05) is 0 Å². The molecule has 20 heavy (non-hydrogen) atoms. The molecule has 1 heterocycles. The Hall–Kier alpha value is -1.35. The second-order valence-corrected chi connectivity index (χ2v) is 6.52. The number of nitrogens with one attached hydrogen (secondary N) is 2. The fraction of sp³-hybridized carbons (Fsp3) is 0.588. The summed E-state index contributed by atoms with van der Waals surface area (Å²) in [5.74, 6) is 0.231. The van der Waals surface area contributed by atoms with E-state index in [2.05, 4.69) is 41.8 Å². The van der Waals surface area contributed by atoms with E-state index in [1.54, 1.807) is 0 Å². The number of rotatable bonds is 2. The zero-order valence-electron chi connectivity index (χ0n) is 12.2. The maximum Gasteiger partial charge on any atom is 0.227 e. The zero-order chi connectivity index (χ0) is 14.0. The van der Waals surface area contributed by atoms with Crippen LogP contribution in [-0.2, 0) is 17.6 Å².